The van der Waals surface area contributed by atoms with Gasteiger partial charge in [0.15, 0.2) is 17.1 Å². The number of aromatic nitrogens is 2. The fraction of sp³-hybridized carbons (Fsp3) is 0.609. The molecule has 10 heteroatoms. The molecule has 178 valence electrons. The number of hydrogen-bond acceptors (Lipinski definition) is 6. The third-order valence-corrected chi connectivity index (χ3v) is 7.11. The van der Waals surface area contributed by atoms with Gasteiger partial charge in [0, 0.05) is 17.6 Å². The number of alkyl halides is 1. The van der Waals surface area contributed by atoms with Gasteiger partial charge in [-0.25, -0.2) is 18.6 Å². The minimum absolute atomic E-state index is 0.0683. The van der Waals surface area contributed by atoms with Crippen LogP contribution in [-0.2, 0) is 4.74 Å². The average molecular weight is 481 g/mol. The second-order valence-electron chi connectivity index (χ2n) is 10.1. The van der Waals surface area contributed by atoms with Gasteiger partial charge >= 0.3 is 6.09 Å². The summed E-state index contributed by atoms with van der Waals surface area (Å²) in [5.41, 5.74) is 0.624. The number of anilines is 1. The van der Waals surface area contributed by atoms with E-state index in [9.17, 15) is 9.18 Å². The SMILES string of the molecule is Cc1nc2c3c(nc(Cl)c(F)c3c1C)O[C@H](CF)[C@@H]1[C@@H]3CC[C@H](CN21)N3C(=O)OC(C)(C)C. The molecule has 1 amide bonds. The van der Waals surface area contributed by atoms with Crippen molar-refractivity contribution in [1.29, 1.82) is 0 Å². The van der Waals surface area contributed by atoms with Gasteiger partial charge < -0.3 is 14.4 Å². The van der Waals surface area contributed by atoms with Crippen LogP contribution >= 0.6 is 11.6 Å². The summed E-state index contributed by atoms with van der Waals surface area (Å²) in [6.45, 7) is 8.63. The van der Waals surface area contributed by atoms with Crippen LogP contribution in [0.25, 0.3) is 10.8 Å². The Morgan fingerprint density at radius 3 is 2.64 bits per heavy atom. The number of amides is 1. The molecule has 5 heterocycles. The maximum Gasteiger partial charge on any atom is 0.410 e. The predicted octanol–water partition coefficient (Wildman–Crippen LogP) is 4.73. The fourth-order valence-electron chi connectivity index (χ4n) is 5.44. The molecule has 4 atom stereocenters. The lowest BCUT2D eigenvalue weighted by Gasteiger charge is -2.48. The summed E-state index contributed by atoms with van der Waals surface area (Å²) in [4.78, 5) is 25.7. The lowest BCUT2D eigenvalue weighted by molar-refractivity contribution is -0.00224. The smallest absolute Gasteiger partial charge is 0.410 e. The van der Waals surface area contributed by atoms with Gasteiger partial charge in [0.1, 0.15) is 18.1 Å². The summed E-state index contributed by atoms with van der Waals surface area (Å²) < 4.78 is 41.3. The minimum atomic E-state index is -0.939. The topological polar surface area (TPSA) is 67.8 Å². The summed E-state index contributed by atoms with van der Waals surface area (Å²) in [7, 11) is 0. The normalized spacial score (nSPS) is 26.2. The maximum atomic E-state index is 15.1. The number of halogens is 3. The lowest BCUT2D eigenvalue weighted by atomic mass is 9.97. The molecule has 2 fully saturated rings. The summed E-state index contributed by atoms with van der Waals surface area (Å²) in [5, 5.41) is 0.352. The van der Waals surface area contributed by atoms with Gasteiger partial charge in [-0.2, -0.15) is 4.98 Å². The number of ether oxygens (including phenoxy) is 2. The van der Waals surface area contributed by atoms with Crippen molar-refractivity contribution in [1.82, 2.24) is 14.9 Å². The zero-order valence-electron chi connectivity index (χ0n) is 19.3. The van der Waals surface area contributed by atoms with E-state index in [-0.39, 0.29) is 28.5 Å². The molecule has 33 heavy (non-hydrogen) atoms. The Kier molecular flexibility index (Phi) is 5.12. The standard InChI is InChI=1S/C23H27ClF2N4O3/c1-10-11(2)27-20-16-15(10)17(26)19(24)28-21(16)32-14(8-25)18-13-7-6-12(9-29(18)20)30(13)22(31)33-23(3,4)5/h12-14,18H,6-9H2,1-5H3/t12-,13+,14-,18+/m1/s1. The number of pyridine rings is 2. The number of fused-ring (bicyclic) bond motifs is 5. The molecule has 2 aromatic rings. The van der Waals surface area contributed by atoms with Crippen molar-refractivity contribution in [3.05, 3.63) is 22.2 Å². The highest BCUT2D eigenvalue weighted by Gasteiger charge is 2.54. The van der Waals surface area contributed by atoms with Crippen LogP contribution < -0.4 is 9.64 Å². The van der Waals surface area contributed by atoms with Crippen LogP contribution in [0.5, 0.6) is 5.88 Å². The Labute approximate surface area is 196 Å². The Balaban J connectivity index is 1.68. The van der Waals surface area contributed by atoms with Crippen LogP contribution in [0.2, 0.25) is 5.15 Å². The summed E-state index contributed by atoms with van der Waals surface area (Å²) in [6.07, 6.45) is 0.0763. The second kappa shape index (κ2) is 7.55. The van der Waals surface area contributed by atoms with Crippen molar-refractivity contribution in [3.8, 4) is 5.88 Å². The molecule has 0 saturated carbocycles. The minimum Gasteiger partial charge on any atom is -0.469 e. The largest absolute Gasteiger partial charge is 0.469 e. The number of hydrogen-bond donors (Lipinski definition) is 0. The van der Waals surface area contributed by atoms with Crippen molar-refractivity contribution in [2.75, 3.05) is 18.1 Å². The summed E-state index contributed by atoms with van der Waals surface area (Å²) >= 11 is 6.10. The number of rotatable bonds is 1. The van der Waals surface area contributed by atoms with Gasteiger partial charge in [-0.1, -0.05) is 11.6 Å². The van der Waals surface area contributed by atoms with Crippen LogP contribution in [0.15, 0.2) is 0 Å². The quantitative estimate of drug-likeness (QED) is 0.550. The number of aryl methyl sites for hydroxylation is 2. The molecule has 2 saturated heterocycles. The maximum absolute atomic E-state index is 15.1. The zero-order chi connectivity index (χ0) is 23.8. The number of carbonyl (C=O) groups is 1. The highest BCUT2D eigenvalue weighted by Crippen LogP contribution is 2.47. The van der Waals surface area contributed by atoms with E-state index in [1.54, 1.807) is 18.7 Å². The first kappa shape index (κ1) is 22.4. The van der Waals surface area contributed by atoms with Crippen molar-refractivity contribution in [2.45, 2.75) is 77.3 Å². The third kappa shape index (κ3) is 3.38. The van der Waals surface area contributed by atoms with E-state index in [1.807, 2.05) is 25.7 Å². The number of nitrogens with zero attached hydrogens (tertiary/aromatic N) is 4. The first-order chi connectivity index (χ1) is 15.5. The molecule has 7 nitrogen and oxygen atoms in total. The van der Waals surface area contributed by atoms with Crippen LogP contribution in [0, 0.1) is 19.7 Å². The zero-order valence-corrected chi connectivity index (χ0v) is 20.0. The van der Waals surface area contributed by atoms with Gasteiger partial charge in [-0.3, -0.25) is 4.90 Å². The molecule has 0 unspecified atom stereocenters. The highest BCUT2D eigenvalue weighted by molar-refractivity contribution is 6.30. The molecule has 0 aromatic carbocycles. The molecular formula is C23H27ClF2N4O3. The van der Waals surface area contributed by atoms with Crippen molar-refractivity contribution in [3.63, 3.8) is 0 Å². The molecule has 0 radical (unpaired) electrons. The fourth-order valence-corrected chi connectivity index (χ4v) is 5.61. The Morgan fingerprint density at radius 1 is 1.24 bits per heavy atom. The molecule has 0 N–H and O–H groups in total. The molecule has 2 aromatic heterocycles. The van der Waals surface area contributed by atoms with Crippen LogP contribution in [0.1, 0.15) is 44.9 Å². The number of carbonyl (C=O) groups excluding carboxylic acids is 1. The molecule has 2 bridgehead atoms. The van der Waals surface area contributed by atoms with E-state index in [0.29, 0.717) is 35.4 Å². The summed E-state index contributed by atoms with van der Waals surface area (Å²) in [6, 6.07) is -1.01. The highest BCUT2D eigenvalue weighted by atomic mass is 35.5. The van der Waals surface area contributed by atoms with E-state index in [0.717, 1.165) is 6.42 Å². The van der Waals surface area contributed by atoms with Crippen molar-refractivity contribution < 1.29 is 23.0 Å². The van der Waals surface area contributed by atoms with Crippen LogP contribution in [0.3, 0.4) is 0 Å². The van der Waals surface area contributed by atoms with Crippen molar-refractivity contribution >= 4 is 34.3 Å². The second-order valence-corrected chi connectivity index (χ2v) is 10.4. The van der Waals surface area contributed by atoms with E-state index in [1.165, 1.54) is 0 Å². The van der Waals surface area contributed by atoms with E-state index in [4.69, 9.17) is 26.1 Å². The molecule has 3 aliphatic rings. The van der Waals surface area contributed by atoms with Crippen LogP contribution in [0.4, 0.5) is 19.4 Å². The first-order valence-electron chi connectivity index (χ1n) is 11.2. The Bertz CT molecular complexity index is 1150. The van der Waals surface area contributed by atoms with Crippen molar-refractivity contribution in [2.24, 2.45) is 0 Å². The van der Waals surface area contributed by atoms with Gasteiger partial charge in [0.2, 0.25) is 5.88 Å². The van der Waals surface area contributed by atoms with Gasteiger partial charge in [-0.15, -0.1) is 0 Å². The third-order valence-electron chi connectivity index (χ3n) is 6.86. The van der Waals surface area contributed by atoms with Gasteiger partial charge in [0.25, 0.3) is 0 Å². The monoisotopic (exact) mass is 480 g/mol. The Morgan fingerprint density at radius 2 is 1.97 bits per heavy atom. The molecular weight excluding hydrogens is 454 g/mol. The molecule has 0 spiro atoms. The van der Waals surface area contributed by atoms with Gasteiger partial charge in [-0.05, 0) is 53.0 Å². The molecule has 3 aliphatic heterocycles. The van der Waals surface area contributed by atoms with E-state index < -0.39 is 36.3 Å². The molecule has 0 aliphatic carbocycles. The first-order valence-corrected chi connectivity index (χ1v) is 11.6. The predicted molar refractivity (Wildman–Crippen MR) is 120 cm³/mol. The average Bonchev–Trinajstić information content (AvgIpc) is 2.98. The van der Waals surface area contributed by atoms with E-state index >= 15 is 4.39 Å². The van der Waals surface area contributed by atoms with Gasteiger partial charge in [0.05, 0.1) is 23.5 Å². The van der Waals surface area contributed by atoms with Crippen LogP contribution in [-0.4, -0.2) is 64.0 Å². The van der Waals surface area contributed by atoms with E-state index in [2.05, 4.69) is 4.98 Å². The lowest BCUT2D eigenvalue weighted by Crippen LogP contribution is -2.66. The Hall–Kier alpha value is -2.42. The number of piperazine rings is 1. The summed E-state index contributed by atoms with van der Waals surface area (Å²) in [5.74, 6) is -0.0829. The molecule has 5 rings (SSSR count).